The van der Waals surface area contributed by atoms with Crippen molar-refractivity contribution < 1.29 is 13.5 Å². The Labute approximate surface area is 211 Å². The summed E-state index contributed by atoms with van der Waals surface area (Å²) in [5.74, 6) is -2.47. The van der Waals surface area contributed by atoms with Crippen molar-refractivity contribution in [3.8, 4) is 0 Å². The Morgan fingerprint density at radius 2 is 1.91 bits per heavy atom. The third-order valence-corrected chi connectivity index (χ3v) is 7.98. The summed E-state index contributed by atoms with van der Waals surface area (Å²) >= 11 is 12.9. The first kappa shape index (κ1) is 23.1. The highest BCUT2D eigenvalue weighted by molar-refractivity contribution is 6.34. The van der Waals surface area contributed by atoms with Crippen molar-refractivity contribution in [2.75, 3.05) is 49.6 Å². The number of rotatable bonds is 5. The lowest BCUT2D eigenvalue weighted by molar-refractivity contribution is 0.0745. The Bertz CT molecular complexity index is 1270. The van der Waals surface area contributed by atoms with E-state index >= 15 is 0 Å². The van der Waals surface area contributed by atoms with Crippen LogP contribution in [0.25, 0.3) is 10.9 Å². The molecule has 2 aromatic heterocycles. The second-order valence-electron chi connectivity index (χ2n) is 9.73. The van der Waals surface area contributed by atoms with E-state index in [1.807, 2.05) is 12.1 Å². The maximum absolute atomic E-state index is 13.4. The zero-order valence-electron chi connectivity index (χ0n) is 19.1. The van der Waals surface area contributed by atoms with E-state index in [2.05, 4.69) is 37.1 Å². The third-order valence-electron chi connectivity index (χ3n) is 7.30. The van der Waals surface area contributed by atoms with Crippen LogP contribution in [0.15, 0.2) is 24.5 Å². The number of aromatic nitrogens is 4. The second kappa shape index (κ2) is 8.40. The first-order valence-corrected chi connectivity index (χ1v) is 12.4. The monoisotopic (exact) mass is 523 g/mol. The highest BCUT2D eigenvalue weighted by atomic mass is 35.5. The summed E-state index contributed by atoms with van der Waals surface area (Å²) in [4.78, 5) is 13.7. The number of benzene rings is 1. The van der Waals surface area contributed by atoms with Gasteiger partial charge in [-0.1, -0.05) is 23.2 Å². The molecular formula is C23H25Cl2F2N7O. The molecule has 3 aromatic rings. The normalized spacial score (nSPS) is 26.4. The molecule has 2 aliphatic heterocycles. The number of anilines is 3. The average molecular weight is 524 g/mol. The van der Waals surface area contributed by atoms with Crippen LogP contribution in [0.5, 0.6) is 0 Å². The van der Waals surface area contributed by atoms with Crippen LogP contribution >= 0.6 is 23.2 Å². The van der Waals surface area contributed by atoms with Crippen molar-refractivity contribution >= 4 is 51.4 Å². The molecule has 0 bridgehead atoms. The second-order valence-corrected chi connectivity index (χ2v) is 10.5. The first-order valence-electron chi connectivity index (χ1n) is 11.7. The van der Waals surface area contributed by atoms with Crippen LogP contribution in [0.1, 0.15) is 25.8 Å². The number of fused-ring (bicyclic) bond motifs is 1. The van der Waals surface area contributed by atoms with Crippen LogP contribution in [-0.2, 0) is 4.74 Å². The van der Waals surface area contributed by atoms with E-state index in [0.717, 1.165) is 67.1 Å². The zero-order valence-corrected chi connectivity index (χ0v) is 20.7. The molecule has 6 rings (SSSR count). The van der Waals surface area contributed by atoms with Gasteiger partial charge in [-0.15, -0.1) is 0 Å². The molecule has 1 aliphatic carbocycles. The predicted molar refractivity (Wildman–Crippen MR) is 131 cm³/mol. The van der Waals surface area contributed by atoms with E-state index in [9.17, 15) is 8.78 Å². The molecule has 2 saturated heterocycles. The number of hydrogen-bond donors (Lipinski definition) is 1. The van der Waals surface area contributed by atoms with Crippen LogP contribution in [0.4, 0.5) is 26.1 Å². The van der Waals surface area contributed by atoms with E-state index in [-0.39, 0.29) is 17.1 Å². The molecule has 1 saturated carbocycles. The fourth-order valence-corrected chi connectivity index (χ4v) is 5.52. The topological polar surface area (TPSA) is 71.3 Å². The highest BCUT2D eigenvalue weighted by Gasteiger charge is 2.59. The molecule has 3 aliphatic rings. The van der Waals surface area contributed by atoms with Crippen LogP contribution < -0.4 is 10.2 Å². The smallest absolute Gasteiger partial charge is 0.272 e. The molecule has 12 heteroatoms. The molecule has 0 radical (unpaired) electrons. The summed E-state index contributed by atoms with van der Waals surface area (Å²) in [5.41, 5.74) is 2.14. The van der Waals surface area contributed by atoms with Gasteiger partial charge in [0, 0.05) is 56.3 Å². The van der Waals surface area contributed by atoms with Crippen molar-refractivity contribution in [3.05, 3.63) is 34.7 Å². The van der Waals surface area contributed by atoms with Gasteiger partial charge >= 0.3 is 0 Å². The van der Waals surface area contributed by atoms with E-state index in [1.54, 1.807) is 6.20 Å². The van der Waals surface area contributed by atoms with Gasteiger partial charge in [-0.05, 0) is 25.5 Å². The number of piperazine rings is 1. The van der Waals surface area contributed by atoms with Gasteiger partial charge in [0.2, 0.25) is 5.95 Å². The van der Waals surface area contributed by atoms with Crippen molar-refractivity contribution in [2.45, 2.75) is 37.3 Å². The van der Waals surface area contributed by atoms with Crippen LogP contribution in [0.3, 0.4) is 0 Å². The maximum Gasteiger partial charge on any atom is 0.272 e. The third kappa shape index (κ3) is 4.20. The fourth-order valence-electron chi connectivity index (χ4n) is 4.97. The molecular weight excluding hydrogens is 499 g/mol. The summed E-state index contributed by atoms with van der Waals surface area (Å²) in [6.07, 6.45) is 3.88. The number of hydrogen-bond acceptors (Lipinski definition) is 7. The van der Waals surface area contributed by atoms with Crippen LogP contribution in [0, 0.1) is 0 Å². The van der Waals surface area contributed by atoms with Crippen molar-refractivity contribution in [2.24, 2.45) is 0 Å². The molecule has 2 atom stereocenters. The number of alkyl halides is 2. The molecule has 186 valence electrons. The van der Waals surface area contributed by atoms with Gasteiger partial charge in [-0.25, -0.2) is 23.4 Å². The quantitative estimate of drug-likeness (QED) is 0.516. The summed E-state index contributed by atoms with van der Waals surface area (Å²) in [6.45, 7) is 7.47. The minimum atomic E-state index is -2.77. The fraction of sp³-hybridized carbons (Fsp3) is 0.522. The van der Waals surface area contributed by atoms with Crippen molar-refractivity contribution in [1.82, 2.24) is 24.6 Å². The van der Waals surface area contributed by atoms with Gasteiger partial charge < -0.3 is 15.0 Å². The lowest BCUT2D eigenvalue weighted by Gasteiger charge is -2.44. The zero-order chi connectivity index (χ0) is 24.4. The largest absolute Gasteiger partial charge is 0.379 e. The molecule has 35 heavy (non-hydrogen) atoms. The van der Waals surface area contributed by atoms with E-state index in [0.29, 0.717) is 16.7 Å². The van der Waals surface area contributed by atoms with Crippen molar-refractivity contribution in [3.63, 3.8) is 0 Å². The number of nitrogens with zero attached hydrogens (tertiary/aromatic N) is 6. The highest BCUT2D eigenvalue weighted by Crippen LogP contribution is 2.53. The Hall–Kier alpha value is -2.27. The van der Waals surface area contributed by atoms with Gasteiger partial charge in [-0.3, -0.25) is 4.90 Å². The summed E-state index contributed by atoms with van der Waals surface area (Å²) in [7, 11) is 0. The number of nitrogens with one attached hydrogen (secondary N) is 1. The van der Waals surface area contributed by atoms with Crippen LogP contribution in [-0.4, -0.2) is 75.5 Å². The molecule has 1 N–H and O–H groups in total. The summed E-state index contributed by atoms with van der Waals surface area (Å²) in [5, 5.41) is 8.57. The molecule has 8 nitrogen and oxygen atoms in total. The van der Waals surface area contributed by atoms with Gasteiger partial charge in [0.25, 0.3) is 5.92 Å². The Morgan fingerprint density at radius 1 is 1.14 bits per heavy atom. The molecule has 0 unspecified atom stereocenters. The minimum absolute atomic E-state index is 0.104. The first-order chi connectivity index (χ1) is 16.7. The predicted octanol–water partition coefficient (Wildman–Crippen LogP) is 4.76. The van der Waals surface area contributed by atoms with Gasteiger partial charge in [0.1, 0.15) is 6.04 Å². The standard InChI is InChI=1S/C23H25Cl2F2N7O/c1-22(2-7-35-13-22)33-5-3-32(4-6-33)18-9-16-14(8-15(18)24)11-28-21(30-16)31-17-12-29-34(20(17)25)19-10-23(19,26)27/h8-9,11-12,19H,2-7,10,13H2,1H3,(H,28,30,31)/t19-,22+/m0/s1. The minimum Gasteiger partial charge on any atom is -0.379 e. The molecule has 0 amide bonds. The number of halogens is 4. The van der Waals surface area contributed by atoms with Gasteiger partial charge in [0.05, 0.1) is 34.7 Å². The van der Waals surface area contributed by atoms with E-state index in [4.69, 9.17) is 27.9 Å². The Kier molecular flexibility index (Phi) is 5.55. The summed E-state index contributed by atoms with van der Waals surface area (Å²) < 4.78 is 33.6. The van der Waals surface area contributed by atoms with E-state index in [1.165, 1.54) is 6.20 Å². The molecule has 0 spiro atoms. The SMILES string of the molecule is C[C@@]1(N2CCN(c3cc4nc(Nc5cnn([C@H]6CC6(F)F)c5Cl)ncc4cc3Cl)CC2)CCOC1. The maximum atomic E-state index is 13.4. The Balaban J connectivity index is 1.20. The molecule has 3 fully saturated rings. The Morgan fingerprint density at radius 3 is 2.60 bits per heavy atom. The van der Waals surface area contributed by atoms with Gasteiger partial charge in [-0.2, -0.15) is 5.10 Å². The average Bonchev–Trinajstić information content (AvgIpc) is 3.12. The summed E-state index contributed by atoms with van der Waals surface area (Å²) in [6, 6.07) is 2.84. The molecule has 4 heterocycles. The van der Waals surface area contributed by atoms with Gasteiger partial charge in [0.15, 0.2) is 5.15 Å². The lowest BCUT2D eigenvalue weighted by Crippen LogP contribution is -2.56. The van der Waals surface area contributed by atoms with E-state index < -0.39 is 12.0 Å². The van der Waals surface area contributed by atoms with Crippen molar-refractivity contribution in [1.29, 1.82) is 0 Å². The number of ether oxygens (including phenoxy) is 1. The lowest BCUT2D eigenvalue weighted by atomic mass is 9.98. The molecule has 1 aromatic carbocycles. The van der Waals surface area contributed by atoms with Crippen LogP contribution in [0.2, 0.25) is 10.2 Å².